The molecule has 0 heterocycles. The smallest absolute Gasteiger partial charge is 0.115 e. The minimum atomic E-state index is 0. The molecule has 0 aromatic heterocycles. The SMILES string of the molecule is Cc1ccc(O)cc1.[Ac]. The maximum Gasteiger partial charge on any atom is 0.115 e. The van der Waals surface area contributed by atoms with E-state index in [9.17, 15) is 0 Å². The van der Waals surface area contributed by atoms with Gasteiger partial charge in [-0.25, -0.2) is 0 Å². The minimum Gasteiger partial charge on any atom is -0.508 e. The van der Waals surface area contributed by atoms with Crippen molar-refractivity contribution in [2.24, 2.45) is 0 Å². The third kappa shape index (κ3) is 3.23. The van der Waals surface area contributed by atoms with Crippen LogP contribution in [0.2, 0.25) is 0 Å². The third-order valence-electron chi connectivity index (χ3n) is 1.03. The first-order valence-electron chi connectivity index (χ1n) is 2.54. The molecule has 0 amide bonds. The molecule has 1 radical (unpaired) electrons. The van der Waals surface area contributed by atoms with Crippen molar-refractivity contribution >= 4 is 0 Å². The van der Waals surface area contributed by atoms with Crippen LogP contribution in [0.4, 0.5) is 0 Å². The molecule has 1 nitrogen and oxygen atoms in total. The zero-order valence-corrected chi connectivity index (χ0v) is 10.1. The molecule has 0 aliphatic carbocycles. The van der Waals surface area contributed by atoms with Crippen LogP contribution in [0.5, 0.6) is 5.75 Å². The van der Waals surface area contributed by atoms with Gasteiger partial charge in [0.05, 0.1) is 0 Å². The van der Waals surface area contributed by atoms with Crippen LogP contribution < -0.4 is 0 Å². The second-order valence-electron chi connectivity index (χ2n) is 1.84. The molecule has 0 spiro atoms. The summed E-state index contributed by atoms with van der Waals surface area (Å²) in [4.78, 5) is 0. The molecule has 0 saturated heterocycles. The second-order valence-corrected chi connectivity index (χ2v) is 1.84. The van der Waals surface area contributed by atoms with E-state index >= 15 is 0 Å². The Bertz CT molecular complexity index is 148. The van der Waals surface area contributed by atoms with Crippen LogP contribution in [-0.2, 0) is 0 Å². The Morgan fingerprint density at radius 3 is 1.89 bits per heavy atom. The van der Waals surface area contributed by atoms with Crippen molar-refractivity contribution in [1.82, 2.24) is 0 Å². The number of hydrogen-bond acceptors (Lipinski definition) is 1. The summed E-state index contributed by atoms with van der Waals surface area (Å²) in [5, 5.41) is 8.76. The van der Waals surface area contributed by atoms with Crippen molar-refractivity contribution in [2.45, 2.75) is 6.92 Å². The first-order valence-corrected chi connectivity index (χ1v) is 2.54. The minimum absolute atomic E-state index is 0. The Labute approximate surface area is 90.6 Å². The number of phenols is 1. The molecule has 0 unspecified atom stereocenters. The molecule has 45 valence electrons. The maximum absolute atomic E-state index is 8.76. The summed E-state index contributed by atoms with van der Waals surface area (Å²) in [5.41, 5.74) is 1.17. The maximum atomic E-state index is 8.76. The topological polar surface area (TPSA) is 20.2 Å². The summed E-state index contributed by atoms with van der Waals surface area (Å²) < 4.78 is 0. The molecule has 1 rings (SSSR count). The summed E-state index contributed by atoms with van der Waals surface area (Å²) in [7, 11) is 0. The summed E-state index contributed by atoms with van der Waals surface area (Å²) in [5.74, 6) is 0.329. The van der Waals surface area contributed by atoms with E-state index in [0.29, 0.717) is 5.75 Å². The van der Waals surface area contributed by atoms with E-state index in [4.69, 9.17) is 5.11 Å². The fourth-order valence-corrected chi connectivity index (χ4v) is 0.545. The average Bonchev–Trinajstić information content (AvgIpc) is 1.77. The van der Waals surface area contributed by atoms with Crippen molar-refractivity contribution < 1.29 is 49.2 Å². The number of aromatic hydroxyl groups is 1. The van der Waals surface area contributed by atoms with Crippen molar-refractivity contribution in [1.29, 1.82) is 0 Å². The molecule has 0 saturated carbocycles. The van der Waals surface area contributed by atoms with Crippen LogP contribution in [0.25, 0.3) is 0 Å². The molecule has 2 heteroatoms. The molecule has 0 fully saturated rings. The van der Waals surface area contributed by atoms with Gasteiger partial charge in [0.15, 0.2) is 0 Å². The summed E-state index contributed by atoms with van der Waals surface area (Å²) in [6, 6.07) is 7.09. The van der Waals surface area contributed by atoms with Crippen LogP contribution in [0.3, 0.4) is 0 Å². The molecular formula is C7H8AcO. The first-order chi connectivity index (χ1) is 3.79. The second kappa shape index (κ2) is 4.30. The van der Waals surface area contributed by atoms with Crippen molar-refractivity contribution in [3.63, 3.8) is 0 Å². The fraction of sp³-hybridized carbons (Fsp3) is 0.143. The molecule has 0 atom stereocenters. The Kier molecular flexibility index (Phi) is 4.53. The van der Waals surface area contributed by atoms with E-state index in [1.54, 1.807) is 12.1 Å². The van der Waals surface area contributed by atoms with Gasteiger partial charge in [-0.2, -0.15) is 0 Å². The van der Waals surface area contributed by atoms with Crippen molar-refractivity contribution in [3.05, 3.63) is 29.8 Å². The molecule has 0 bridgehead atoms. The van der Waals surface area contributed by atoms with Crippen LogP contribution in [-0.4, -0.2) is 5.11 Å². The quantitative estimate of drug-likeness (QED) is 0.765. The monoisotopic (exact) mass is 335 g/mol. The molecule has 1 N–H and O–H groups in total. The van der Waals surface area contributed by atoms with Crippen molar-refractivity contribution in [3.8, 4) is 5.75 Å². The van der Waals surface area contributed by atoms with Crippen LogP contribution in [0.15, 0.2) is 24.3 Å². The number of aryl methyl sites for hydroxylation is 1. The number of phenolic OH excluding ortho intramolecular Hbond substituents is 1. The van der Waals surface area contributed by atoms with Gasteiger partial charge < -0.3 is 5.11 Å². The third-order valence-corrected chi connectivity index (χ3v) is 1.03. The van der Waals surface area contributed by atoms with E-state index in [1.807, 2.05) is 19.1 Å². The molecular weight excluding hydrogens is 327 g/mol. The van der Waals surface area contributed by atoms with Gasteiger partial charge in [-0.05, 0) is 19.1 Å². The first kappa shape index (κ1) is 9.46. The molecule has 1 aromatic carbocycles. The Hall–Kier alpha value is 0.462. The Morgan fingerprint density at radius 1 is 1.11 bits per heavy atom. The van der Waals surface area contributed by atoms with Gasteiger partial charge >= 0.3 is 0 Å². The van der Waals surface area contributed by atoms with Gasteiger partial charge in [0.1, 0.15) is 5.75 Å². The van der Waals surface area contributed by atoms with Gasteiger partial charge in [-0.3, -0.25) is 0 Å². The van der Waals surface area contributed by atoms with Crippen molar-refractivity contribution in [2.75, 3.05) is 0 Å². The normalized spacial score (nSPS) is 8.11. The Morgan fingerprint density at radius 2 is 1.56 bits per heavy atom. The largest absolute Gasteiger partial charge is 0.508 e. The van der Waals surface area contributed by atoms with Crippen LogP contribution in [0.1, 0.15) is 5.56 Å². The molecule has 0 aliphatic rings. The van der Waals surface area contributed by atoms with Gasteiger partial charge in [0.2, 0.25) is 0 Å². The van der Waals surface area contributed by atoms with Crippen LogP contribution in [0, 0.1) is 51.0 Å². The van der Waals surface area contributed by atoms with E-state index in [2.05, 4.69) is 0 Å². The zero-order valence-electron chi connectivity index (χ0n) is 5.33. The van der Waals surface area contributed by atoms with Gasteiger partial charge in [0.25, 0.3) is 0 Å². The zero-order chi connectivity index (χ0) is 5.98. The predicted molar refractivity (Wildman–Crippen MR) is 32.8 cm³/mol. The van der Waals surface area contributed by atoms with Gasteiger partial charge in [-0.1, -0.05) is 17.7 Å². The number of hydrogen-bond donors (Lipinski definition) is 1. The van der Waals surface area contributed by atoms with Gasteiger partial charge in [-0.15, -0.1) is 0 Å². The number of rotatable bonds is 0. The standard InChI is InChI=1S/C7H8O.Ac/c1-6-2-4-7(8)5-3-6;/h2-5,8H,1H3;. The van der Waals surface area contributed by atoms with E-state index in [0.717, 1.165) is 0 Å². The van der Waals surface area contributed by atoms with E-state index in [1.165, 1.54) is 5.56 Å². The summed E-state index contributed by atoms with van der Waals surface area (Å²) in [6.07, 6.45) is 0. The molecule has 9 heavy (non-hydrogen) atoms. The molecule has 1 aromatic rings. The average molecular weight is 335 g/mol. The van der Waals surface area contributed by atoms with Gasteiger partial charge in [0, 0.05) is 44.1 Å². The van der Waals surface area contributed by atoms with E-state index < -0.39 is 0 Å². The molecule has 0 aliphatic heterocycles. The van der Waals surface area contributed by atoms with E-state index in [-0.39, 0.29) is 44.1 Å². The fourth-order valence-electron chi connectivity index (χ4n) is 0.545. The predicted octanol–water partition coefficient (Wildman–Crippen LogP) is 1.70. The summed E-state index contributed by atoms with van der Waals surface area (Å²) in [6.45, 7) is 1.99. The summed E-state index contributed by atoms with van der Waals surface area (Å²) >= 11 is 0. The van der Waals surface area contributed by atoms with Crippen LogP contribution >= 0.6 is 0 Å². The Balaban J connectivity index is 0.000000640. The number of benzene rings is 1.